The van der Waals surface area contributed by atoms with Gasteiger partial charge in [-0.1, -0.05) is 0 Å². The first-order chi connectivity index (χ1) is 11.0. The molecule has 0 aliphatic carbocycles. The van der Waals surface area contributed by atoms with Gasteiger partial charge in [0.15, 0.2) is 6.61 Å². The molecule has 0 spiro atoms. The summed E-state index contributed by atoms with van der Waals surface area (Å²) in [6, 6.07) is 5.80. The highest BCUT2D eigenvalue weighted by molar-refractivity contribution is 7.89. The molecular weight excluding hydrogens is 322 g/mol. The van der Waals surface area contributed by atoms with E-state index in [9.17, 15) is 13.2 Å². The highest BCUT2D eigenvalue weighted by atomic mass is 32.2. The first-order valence-corrected chi connectivity index (χ1v) is 8.28. The van der Waals surface area contributed by atoms with Crippen LogP contribution in [0.1, 0.15) is 6.04 Å². The van der Waals surface area contributed by atoms with Gasteiger partial charge in [0.2, 0.25) is 10.0 Å². The maximum Gasteiger partial charge on any atom is 0.255 e. The van der Waals surface area contributed by atoms with Crippen molar-refractivity contribution in [2.45, 2.75) is 10.9 Å². The summed E-state index contributed by atoms with van der Waals surface area (Å²) < 4.78 is 31.4. The van der Waals surface area contributed by atoms with Crippen LogP contribution in [-0.4, -0.2) is 53.3 Å². The van der Waals surface area contributed by atoms with Crippen LogP contribution < -0.4 is 10.5 Å². The van der Waals surface area contributed by atoms with E-state index in [1.807, 2.05) is 0 Å². The first kappa shape index (κ1) is 15.4. The summed E-state index contributed by atoms with van der Waals surface area (Å²) in [5.74, 6) is -0.217. The molecule has 2 N–H and O–H groups in total. The van der Waals surface area contributed by atoms with Crippen molar-refractivity contribution in [2.75, 3.05) is 19.7 Å². The largest absolute Gasteiger partial charge is 0.484 e. The molecule has 23 heavy (non-hydrogen) atoms. The Morgan fingerprint density at radius 3 is 2.39 bits per heavy atom. The number of nitrogens with zero attached hydrogens (tertiary/aromatic N) is 4. The predicted molar refractivity (Wildman–Crippen MR) is 78.9 cm³/mol. The van der Waals surface area contributed by atoms with Gasteiger partial charge in [-0.15, -0.1) is 0 Å². The Balaban J connectivity index is 1.65. The Hall–Kier alpha value is -2.46. The molecule has 3 rings (SSSR count). The summed E-state index contributed by atoms with van der Waals surface area (Å²) in [4.78, 5) is 12.3. The van der Waals surface area contributed by atoms with Crippen LogP contribution in [0.3, 0.4) is 0 Å². The maximum atomic E-state index is 12.5. The predicted octanol–water partition coefficient (Wildman–Crippen LogP) is -0.612. The van der Waals surface area contributed by atoms with Crippen LogP contribution in [0.2, 0.25) is 0 Å². The van der Waals surface area contributed by atoms with Crippen molar-refractivity contribution < 1.29 is 17.9 Å². The molecule has 2 aromatic rings. The third-order valence-corrected chi connectivity index (χ3v) is 5.28. The van der Waals surface area contributed by atoms with Crippen molar-refractivity contribution in [3.63, 3.8) is 0 Å². The summed E-state index contributed by atoms with van der Waals surface area (Å²) in [7, 11) is -3.56. The van der Waals surface area contributed by atoms with Crippen molar-refractivity contribution >= 4 is 15.9 Å². The number of aromatic nitrogens is 3. The van der Waals surface area contributed by atoms with Crippen molar-refractivity contribution in [3.8, 4) is 5.75 Å². The Labute approximate surface area is 132 Å². The van der Waals surface area contributed by atoms with Gasteiger partial charge in [-0.05, 0) is 24.3 Å². The fourth-order valence-electron chi connectivity index (χ4n) is 2.18. The molecule has 1 aliphatic rings. The average Bonchev–Trinajstić information content (AvgIpc) is 2.97. The minimum absolute atomic E-state index is 0.0436. The lowest BCUT2D eigenvalue weighted by atomic mass is 10.2. The number of carbonyl (C=O) groups is 1. The van der Waals surface area contributed by atoms with Crippen LogP contribution in [0.4, 0.5) is 0 Å². The Morgan fingerprint density at radius 1 is 1.22 bits per heavy atom. The molecule has 0 saturated carbocycles. The summed E-state index contributed by atoms with van der Waals surface area (Å²) in [6.07, 6.45) is 3.12. The van der Waals surface area contributed by atoms with E-state index in [1.54, 1.807) is 12.4 Å². The van der Waals surface area contributed by atoms with E-state index < -0.39 is 15.9 Å². The maximum absolute atomic E-state index is 12.5. The van der Waals surface area contributed by atoms with Gasteiger partial charge in [0, 0.05) is 13.1 Å². The zero-order valence-corrected chi connectivity index (χ0v) is 12.9. The number of ether oxygens (including phenoxy) is 1. The number of amides is 1. The van der Waals surface area contributed by atoms with Crippen LogP contribution in [0.5, 0.6) is 5.75 Å². The van der Waals surface area contributed by atoms with Crippen LogP contribution in [-0.2, 0) is 14.8 Å². The molecule has 0 bridgehead atoms. The van der Waals surface area contributed by atoms with Gasteiger partial charge in [-0.2, -0.15) is 19.3 Å². The van der Waals surface area contributed by atoms with Crippen LogP contribution in [0.15, 0.2) is 41.6 Å². The molecule has 1 fully saturated rings. The van der Waals surface area contributed by atoms with Gasteiger partial charge in [0.1, 0.15) is 5.75 Å². The van der Waals surface area contributed by atoms with E-state index in [0.29, 0.717) is 18.8 Å². The van der Waals surface area contributed by atoms with Crippen molar-refractivity contribution in [1.29, 1.82) is 0 Å². The average molecular weight is 337 g/mol. The van der Waals surface area contributed by atoms with E-state index in [0.717, 1.165) is 0 Å². The standard InChI is InChI=1S/C13H15N5O4S/c14-13(19)9-22-11-1-3-12(4-2-11)23(20,21)17-7-10(8-17)18-15-5-6-16-18/h1-6,10H,7-9H2,(H2,14,19). The molecule has 1 saturated heterocycles. The summed E-state index contributed by atoms with van der Waals surface area (Å²) in [6.45, 7) is 0.407. The second-order valence-electron chi connectivity index (χ2n) is 5.05. The minimum atomic E-state index is -3.56. The molecule has 1 aliphatic heterocycles. The van der Waals surface area contributed by atoms with Crippen molar-refractivity contribution in [3.05, 3.63) is 36.7 Å². The van der Waals surface area contributed by atoms with E-state index in [4.69, 9.17) is 10.5 Å². The summed E-state index contributed by atoms with van der Waals surface area (Å²) in [5.41, 5.74) is 4.98. The van der Waals surface area contributed by atoms with Gasteiger partial charge in [-0.25, -0.2) is 8.42 Å². The fourth-order valence-corrected chi connectivity index (χ4v) is 3.70. The third-order valence-electron chi connectivity index (χ3n) is 3.43. The number of benzene rings is 1. The van der Waals surface area contributed by atoms with Gasteiger partial charge in [-0.3, -0.25) is 4.79 Å². The molecule has 122 valence electrons. The number of rotatable bonds is 6. The van der Waals surface area contributed by atoms with E-state index in [1.165, 1.54) is 33.4 Å². The molecule has 0 unspecified atom stereocenters. The molecule has 10 heteroatoms. The molecule has 1 amide bonds. The van der Waals surface area contributed by atoms with Crippen LogP contribution in [0, 0.1) is 0 Å². The normalized spacial score (nSPS) is 16.0. The van der Waals surface area contributed by atoms with Crippen molar-refractivity contribution in [2.24, 2.45) is 5.73 Å². The highest BCUT2D eigenvalue weighted by Gasteiger charge is 2.38. The fraction of sp³-hybridized carbons (Fsp3) is 0.308. The van der Waals surface area contributed by atoms with Gasteiger partial charge in [0.05, 0.1) is 23.3 Å². The monoisotopic (exact) mass is 337 g/mol. The Bertz CT molecular complexity index is 782. The lowest BCUT2D eigenvalue weighted by Gasteiger charge is -2.37. The second kappa shape index (κ2) is 5.97. The van der Waals surface area contributed by atoms with E-state index in [2.05, 4.69) is 10.2 Å². The van der Waals surface area contributed by atoms with Crippen molar-refractivity contribution in [1.82, 2.24) is 19.3 Å². The smallest absolute Gasteiger partial charge is 0.255 e. The number of primary amides is 1. The molecular formula is C13H15N5O4S. The molecule has 0 radical (unpaired) electrons. The molecule has 1 aromatic carbocycles. The van der Waals surface area contributed by atoms with Crippen LogP contribution in [0.25, 0.3) is 0 Å². The van der Waals surface area contributed by atoms with Gasteiger partial charge < -0.3 is 10.5 Å². The highest BCUT2D eigenvalue weighted by Crippen LogP contribution is 2.28. The summed E-state index contributed by atoms with van der Waals surface area (Å²) >= 11 is 0. The number of nitrogens with two attached hydrogens (primary N) is 1. The Morgan fingerprint density at radius 2 is 1.83 bits per heavy atom. The number of hydrogen-bond donors (Lipinski definition) is 1. The van der Waals surface area contributed by atoms with Gasteiger partial charge >= 0.3 is 0 Å². The lowest BCUT2D eigenvalue weighted by molar-refractivity contribution is -0.119. The quantitative estimate of drug-likeness (QED) is 0.750. The SMILES string of the molecule is NC(=O)COc1ccc(S(=O)(=O)N2CC(n3nccn3)C2)cc1. The molecule has 9 nitrogen and oxygen atoms in total. The molecule has 1 aromatic heterocycles. The zero-order valence-electron chi connectivity index (χ0n) is 12.1. The zero-order chi connectivity index (χ0) is 16.4. The van der Waals surface area contributed by atoms with Gasteiger partial charge in [0.25, 0.3) is 5.91 Å². The molecule has 0 atom stereocenters. The third kappa shape index (κ3) is 3.17. The van der Waals surface area contributed by atoms with Crippen LogP contribution >= 0.6 is 0 Å². The molecule has 2 heterocycles. The number of hydrogen-bond acceptors (Lipinski definition) is 6. The van der Waals surface area contributed by atoms with E-state index >= 15 is 0 Å². The second-order valence-corrected chi connectivity index (χ2v) is 6.99. The number of sulfonamides is 1. The topological polar surface area (TPSA) is 120 Å². The summed E-state index contributed by atoms with van der Waals surface area (Å²) in [5, 5.41) is 8.01. The minimum Gasteiger partial charge on any atom is -0.484 e. The van der Waals surface area contributed by atoms with E-state index in [-0.39, 0.29) is 17.5 Å². The lowest BCUT2D eigenvalue weighted by Crippen LogP contribution is -2.51. The number of carbonyl (C=O) groups excluding carboxylic acids is 1. The Kier molecular flexibility index (Phi) is 4.01. The first-order valence-electron chi connectivity index (χ1n) is 6.84.